The SMILES string of the molecule is N/N=C1/SCC(=O)N1c1ccccc1. The van der Waals surface area contributed by atoms with Crippen molar-refractivity contribution >= 4 is 28.5 Å². The van der Waals surface area contributed by atoms with Crippen molar-refractivity contribution in [3.8, 4) is 0 Å². The Morgan fingerprint density at radius 3 is 2.71 bits per heavy atom. The highest BCUT2D eigenvalue weighted by Crippen LogP contribution is 2.25. The molecule has 1 heterocycles. The summed E-state index contributed by atoms with van der Waals surface area (Å²) in [6.07, 6.45) is 0. The van der Waals surface area contributed by atoms with Crippen molar-refractivity contribution < 1.29 is 4.79 Å². The van der Waals surface area contributed by atoms with Gasteiger partial charge in [0.25, 0.3) is 0 Å². The van der Waals surface area contributed by atoms with E-state index in [9.17, 15) is 4.79 Å². The molecule has 0 bridgehead atoms. The number of hydrogen-bond acceptors (Lipinski definition) is 4. The van der Waals surface area contributed by atoms with Crippen molar-refractivity contribution in [2.75, 3.05) is 10.7 Å². The second-order valence-corrected chi connectivity index (χ2v) is 3.71. The third-order valence-corrected chi connectivity index (χ3v) is 2.83. The Labute approximate surface area is 85.8 Å². The van der Waals surface area contributed by atoms with Crippen LogP contribution in [0.25, 0.3) is 0 Å². The maximum Gasteiger partial charge on any atom is 0.243 e. The minimum Gasteiger partial charge on any atom is -0.321 e. The Morgan fingerprint density at radius 2 is 2.07 bits per heavy atom. The van der Waals surface area contributed by atoms with Gasteiger partial charge in [-0.3, -0.25) is 9.69 Å². The smallest absolute Gasteiger partial charge is 0.243 e. The number of carbonyl (C=O) groups is 1. The number of amidine groups is 1. The second kappa shape index (κ2) is 3.71. The summed E-state index contributed by atoms with van der Waals surface area (Å²) >= 11 is 1.35. The highest BCUT2D eigenvalue weighted by molar-refractivity contribution is 8.15. The molecule has 1 aliphatic heterocycles. The Balaban J connectivity index is 2.38. The molecule has 0 unspecified atom stereocenters. The minimum atomic E-state index is 0.0189. The molecule has 0 saturated carbocycles. The molecular weight excluding hydrogens is 198 g/mol. The van der Waals surface area contributed by atoms with Crippen molar-refractivity contribution in [1.82, 2.24) is 0 Å². The van der Waals surface area contributed by atoms with Crippen LogP contribution in [0.3, 0.4) is 0 Å². The van der Waals surface area contributed by atoms with Gasteiger partial charge in [-0.25, -0.2) is 0 Å². The van der Waals surface area contributed by atoms with Crippen LogP contribution in [-0.2, 0) is 4.79 Å². The number of anilines is 1. The van der Waals surface area contributed by atoms with Gasteiger partial charge in [0.15, 0.2) is 5.17 Å². The number of hydrazone groups is 1. The van der Waals surface area contributed by atoms with Crippen LogP contribution in [0.15, 0.2) is 35.4 Å². The number of amides is 1. The van der Waals surface area contributed by atoms with Crippen LogP contribution in [0, 0.1) is 0 Å². The van der Waals surface area contributed by atoms with Gasteiger partial charge in [-0.1, -0.05) is 30.0 Å². The highest BCUT2D eigenvalue weighted by atomic mass is 32.2. The number of nitrogens with zero attached hydrogens (tertiary/aromatic N) is 2. The van der Waals surface area contributed by atoms with Gasteiger partial charge in [0.2, 0.25) is 5.91 Å². The Kier molecular flexibility index (Phi) is 2.41. The topological polar surface area (TPSA) is 58.7 Å². The summed E-state index contributed by atoms with van der Waals surface area (Å²) in [4.78, 5) is 13.0. The van der Waals surface area contributed by atoms with Gasteiger partial charge in [0, 0.05) is 0 Å². The van der Waals surface area contributed by atoms with Crippen LogP contribution in [0.1, 0.15) is 0 Å². The van der Waals surface area contributed by atoms with E-state index in [-0.39, 0.29) is 5.91 Å². The first-order valence-electron chi connectivity index (χ1n) is 4.11. The summed E-state index contributed by atoms with van der Waals surface area (Å²) in [5, 5.41) is 4.14. The number of hydrogen-bond donors (Lipinski definition) is 1. The monoisotopic (exact) mass is 207 g/mol. The fraction of sp³-hybridized carbons (Fsp3) is 0.111. The number of carbonyl (C=O) groups excluding carboxylic acids is 1. The van der Waals surface area contributed by atoms with E-state index in [0.717, 1.165) is 5.69 Å². The van der Waals surface area contributed by atoms with Crippen LogP contribution in [0.2, 0.25) is 0 Å². The lowest BCUT2D eigenvalue weighted by Gasteiger charge is -2.14. The van der Waals surface area contributed by atoms with Crippen molar-refractivity contribution in [2.45, 2.75) is 0 Å². The lowest BCUT2D eigenvalue weighted by atomic mass is 10.3. The molecule has 4 nitrogen and oxygen atoms in total. The molecule has 1 fully saturated rings. The van der Waals surface area contributed by atoms with Crippen LogP contribution >= 0.6 is 11.8 Å². The quantitative estimate of drug-likeness (QED) is 0.552. The first-order valence-corrected chi connectivity index (χ1v) is 5.10. The average Bonchev–Trinajstić information content (AvgIpc) is 2.61. The molecule has 1 aromatic rings. The molecule has 1 saturated heterocycles. The van der Waals surface area contributed by atoms with Crippen LogP contribution in [-0.4, -0.2) is 16.8 Å². The van der Waals surface area contributed by atoms with E-state index >= 15 is 0 Å². The summed E-state index contributed by atoms with van der Waals surface area (Å²) in [5.74, 6) is 5.62. The first-order chi connectivity index (χ1) is 6.83. The molecule has 2 N–H and O–H groups in total. The van der Waals surface area contributed by atoms with Gasteiger partial charge < -0.3 is 5.84 Å². The molecule has 1 amide bonds. The van der Waals surface area contributed by atoms with E-state index in [1.807, 2.05) is 30.3 Å². The number of rotatable bonds is 1. The Bertz CT molecular complexity index is 377. The number of thioether (sulfide) groups is 1. The van der Waals surface area contributed by atoms with Gasteiger partial charge in [-0.2, -0.15) is 5.10 Å². The van der Waals surface area contributed by atoms with Gasteiger partial charge in [0.05, 0.1) is 11.4 Å². The second-order valence-electron chi connectivity index (χ2n) is 2.77. The van der Waals surface area contributed by atoms with E-state index in [0.29, 0.717) is 10.9 Å². The fourth-order valence-electron chi connectivity index (χ4n) is 1.29. The zero-order valence-electron chi connectivity index (χ0n) is 7.38. The fourth-order valence-corrected chi connectivity index (χ4v) is 2.08. The van der Waals surface area contributed by atoms with Crippen molar-refractivity contribution in [3.63, 3.8) is 0 Å². The molecule has 0 atom stereocenters. The molecule has 2 rings (SSSR count). The lowest BCUT2D eigenvalue weighted by Crippen LogP contribution is -2.29. The van der Waals surface area contributed by atoms with E-state index < -0.39 is 0 Å². The van der Waals surface area contributed by atoms with E-state index in [1.165, 1.54) is 16.7 Å². The summed E-state index contributed by atoms with van der Waals surface area (Å²) in [7, 11) is 0. The molecular formula is C9H9N3OS. The largest absolute Gasteiger partial charge is 0.321 e. The molecule has 72 valence electrons. The molecule has 5 heteroatoms. The summed E-state index contributed by atoms with van der Waals surface area (Å²) in [6, 6.07) is 9.36. The Hall–Kier alpha value is -1.49. The predicted octanol–water partition coefficient (Wildman–Crippen LogP) is 0.996. The van der Waals surface area contributed by atoms with Gasteiger partial charge >= 0.3 is 0 Å². The summed E-state index contributed by atoms with van der Waals surface area (Å²) in [6.45, 7) is 0. The van der Waals surface area contributed by atoms with E-state index in [4.69, 9.17) is 5.84 Å². The standard InChI is InChI=1S/C9H9N3OS/c10-11-9-12(8(13)6-14-9)7-4-2-1-3-5-7/h1-5H,6,10H2/b11-9+. The Morgan fingerprint density at radius 1 is 1.36 bits per heavy atom. The first kappa shape index (κ1) is 9.08. The molecule has 0 aliphatic carbocycles. The van der Waals surface area contributed by atoms with Gasteiger partial charge in [0.1, 0.15) is 0 Å². The molecule has 0 radical (unpaired) electrons. The number of para-hydroxylation sites is 1. The molecule has 0 spiro atoms. The van der Waals surface area contributed by atoms with Crippen molar-refractivity contribution in [3.05, 3.63) is 30.3 Å². The zero-order chi connectivity index (χ0) is 9.97. The minimum absolute atomic E-state index is 0.0189. The molecule has 0 aromatic heterocycles. The third kappa shape index (κ3) is 1.46. The zero-order valence-corrected chi connectivity index (χ0v) is 8.20. The van der Waals surface area contributed by atoms with Crippen molar-refractivity contribution in [1.29, 1.82) is 0 Å². The normalized spacial score (nSPS) is 19.3. The maximum atomic E-state index is 11.5. The summed E-state index contributed by atoms with van der Waals surface area (Å²) < 4.78 is 0. The highest BCUT2D eigenvalue weighted by Gasteiger charge is 2.29. The molecule has 14 heavy (non-hydrogen) atoms. The lowest BCUT2D eigenvalue weighted by molar-refractivity contribution is -0.115. The average molecular weight is 207 g/mol. The number of nitrogens with two attached hydrogens (primary N) is 1. The van der Waals surface area contributed by atoms with Crippen molar-refractivity contribution in [2.24, 2.45) is 10.9 Å². The molecule has 1 aromatic carbocycles. The van der Waals surface area contributed by atoms with E-state index in [2.05, 4.69) is 5.10 Å². The van der Waals surface area contributed by atoms with Crippen LogP contribution < -0.4 is 10.7 Å². The van der Waals surface area contributed by atoms with Crippen LogP contribution in [0.5, 0.6) is 0 Å². The predicted molar refractivity (Wildman–Crippen MR) is 58.0 cm³/mol. The van der Waals surface area contributed by atoms with Gasteiger partial charge in [-0.15, -0.1) is 0 Å². The third-order valence-electron chi connectivity index (χ3n) is 1.89. The summed E-state index contributed by atoms with van der Waals surface area (Å²) in [5.41, 5.74) is 0.812. The van der Waals surface area contributed by atoms with Gasteiger partial charge in [-0.05, 0) is 12.1 Å². The maximum absolute atomic E-state index is 11.5. The number of benzene rings is 1. The molecule has 1 aliphatic rings. The van der Waals surface area contributed by atoms with Crippen LogP contribution in [0.4, 0.5) is 5.69 Å². The van der Waals surface area contributed by atoms with E-state index in [1.54, 1.807) is 0 Å².